The maximum Gasteiger partial charge on any atom is 0.416 e. The van der Waals surface area contributed by atoms with Gasteiger partial charge in [0.1, 0.15) is 0 Å². The summed E-state index contributed by atoms with van der Waals surface area (Å²) >= 11 is 1.50. The summed E-state index contributed by atoms with van der Waals surface area (Å²) in [7, 11) is 0. The molecule has 0 fully saturated rings. The van der Waals surface area contributed by atoms with E-state index in [1.54, 1.807) is 0 Å². The molecule has 0 spiro atoms. The minimum absolute atomic E-state index is 0.644. The van der Waals surface area contributed by atoms with E-state index in [-0.39, 0.29) is 0 Å². The quantitative estimate of drug-likeness (QED) is 0.647. The molecule has 1 aromatic carbocycles. The van der Waals surface area contributed by atoms with Crippen molar-refractivity contribution in [3.05, 3.63) is 47.1 Å². The van der Waals surface area contributed by atoms with Gasteiger partial charge in [0.25, 0.3) is 0 Å². The van der Waals surface area contributed by atoms with Crippen molar-refractivity contribution in [3.63, 3.8) is 0 Å². The third-order valence-electron chi connectivity index (χ3n) is 2.99. The first kappa shape index (κ1) is 12.2. The van der Waals surface area contributed by atoms with Crippen LogP contribution >= 0.6 is 11.3 Å². The van der Waals surface area contributed by atoms with E-state index in [2.05, 4.69) is 4.98 Å². The van der Waals surface area contributed by atoms with E-state index in [1.165, 1.54) is 23.5 Å². The van der Waals surface area contributed by atoms with Crippen LogP contribution in [0.4, 0.5) is 13.2 Å². The number of benzene rings is 1. The molecule has 0 amide bonds. The number of alkyl halides is 3. The van der Waals surface area contributed by atoms with Gasteiger partial charge in [0.15, 0.2) is 4.96 Å². The zero-order valence-corrected chi connectivity index (χ0v) is 10.7. The third-order valence-corrected chi connectivity index (χ3v) is 3.74. The Kier molecular flexibility index (Phi) is 2.63. The van der Waals surface area contributed by atoms with Crippen LogP contribution in [0.5, 0.6) is 0 Å². The average Bonchev–Trinajstić information content (AvgIpc) is 2.92. The van der Waals surface area contributed by atoms with E-state index in [0.717, 1.165) is 28.5 Å². The van der Waals surface area contributed by atoms with Crippen LogP contribution in [0.3, 0.4) is 0 Å². The minimum Gasteiger partial charge on any atom is -0.294 e. The molecule has 3 aromatic rings. The number of imidazole rings is 1. The highest BCUT2D eigenvalue weighted by Gasteiger charge is 2.30. The van der Waals surface area contributed by atoms with Gasteiger partial charge in [-0.15, -0.1) is 11.3 Å². The Morgan fingerprint density at radius 3 is 2.42 bits per heavy atom. The van der Waals surface area contributed by atoms with Gasteiger partial charge in [0, 0.05) is 22.8 Å². The Balaban J connectivity index is 2.07. The van der Waals surface area contributed by atoms with Crippen LogP contribution in [-0.2, 0) is 6.18 Å². The van der Waals surface area contributed by atoms with E-state index in [9.17, 15) is 13.2 Å². The summed E-state index contributed by atoms with van der Waals surface area (Å²) in [6, 6.07) is 5.09. The maximum absolute atomic E-state index is 12.5. The molecule has 0 atom stereocenters. The number of hydrogen-bond donors (Lipinski definition) is 0. The fraction of sp³-hybridized carbons (Fsp3) is 0.154. The van der Waals surface area contributed by atoms with Crippen LogP contribution < -0.4 is 0 Å². The lowest BCUT2D eigenvalue weighted by atomic mass is 10.1. The van der Waals surface area contributed by atoms with Gasteiger partial charge in [0.05, 0.1) is 11.3 Å². The lowest BCUT2D eigenvalue weighted by Gasteiger charge is -2.07. The maximum atomic E-state index is 12.5. The van der Waals surface area contributed by atoms with E-state index in [1.807, 2.05) is 22.9 Å². The third kappa shape index (κ3) is 2.02. The van der Waals surface area contributed by atoms with Crippen LogP contribution in [0.25, 0.3) is 16.2 Å². The molecular formula is C13H9F3N2S. The number of fused-ring (bicyclic) bond motifs is 1. The van der Waals surface area contributed by atoms with E-state index >= 15 is 0 Å². The number of halogens is 3. The van der Waals surface area contributed by atoms with E-state index < -0.39 is 11.7 Å². The first-order chi connectivity index (χ1) is 8.97. The van der Waals surface area contributed by atoms with Gasteiger partial charge in [-0.3, -0.25) is 4.40 Å². The predicted octanol–water partition coefficient (Wildman–Crippen LogP) is 4.39. The highest BCUT2D eigenvalue weighted by atomic mass is 32.1. The molecule has 0 bridgehead atoms. The fourth-order valence-corrected chi connectivity index (χ4v) is 2.75. The van der Waals surface area contributed by atoms with Crippen LogP contribution in [0.1, 0.15) is 11.3 Å². The Labute approximate surface area is 111 Å². The molecule has 0 N–H and O–H groups in total. The van der Waals surface area contributed by atoms with Gasteiger partial charge in [-0.1, -0.05) is 12.1 Å². The molecule has 2 heterocycles. The average molecular weight is 282 g/mol. The molecule has 0 aliphatic rings. The number of aromatic nitrogens is 2. The first-order valence-corrected chi connectivity index (χ1v) is 6.44. The van der Waals surface area contributed by atoms with E-state index in [0.29, 0.717) is 5.56 Å². The molecule has 0 aliphatic carbocycles. The fourth-order valence-electron chi connectivity index (χ4n) is 1.99. The Hall–Kier alpha value is -1.82. The number of aryl methyl sites for hydroxylation is 1. The summed E-state index contributed by atoms with van der Waals surface area (Å²) in [6.45, 7) is 1.90. The number of thiazole rings is 1. The van der Waals surface area contributed by atoms with E-state index in [4.69, 9.17) is 0 Å². The largest absolute Gasteiger partial charge is 0.416 e. The van der Waals surface area contributed by atoms with Gasteiger partial charge >= 0.3 is 6.18 Å². The molecule has 0 saturated heterocycles. The second-order valence-corrected chi connectivity index (χ2v) is 5.05. The van der Waals surface area contributed by atoms with Crippen molar-refractivity contribution in [2.24, 2.45) is 0 Å². The normalized spacial score (nSPS) is 12.2. The molecule has 6 heteroatoms. The summed E-state index contributed by atoms with van der Waals surface area (Å²) in [5.41, 5.74) is 1.70. The van der Waals surface area contributed by atoms with Gasteiger partial charge in [-0.25, -0.2) is 4.98 Å². The highest BCUT2D eigenvalue weighted by Crippen LogP contribution is 2.32. The van der Waals surface area contributed by atoms with Crippen molar-refractivity contribution >= 4 is 16.3 Å². The summed E-state index contributed by atoms with van der Waals surface area (Å²) in [5.74, 6) is 0. The lowest BCUT2D eigenvalue weighted by Crippen LogP contribution is -2.04. The molecule has 0 unspecified atom stereocenters. The summed E-state index contributed by atoms with van der Waals surface area (Å²) in [4.78, 5) is 5.27. The van der Waals surface area contributed by atoms with Gasteiger partial charge in [0.2, 0.25) is 0 Å². The van der Waals surface area contributed by atoms with Crippen molar-refractivity contribution in [3.8, 4) is 11.3 Å². The molecule has 0 radical (unpaired) electrons. The zero-order chi connectivity index (χ0) is 13.6. The highest BCUT2D eigenvalue weighted by molar-refractivity contribution is 7.15. The summed E-state index contributed by atoms with van der Waals surface area (Å²) in [5, 5.41) is 1.92. The van der Waals surface area contributed by atoms with Crippen LogP contribution in [0.2, 0.25) is 0 Å². The standard InChI is InChI=1S/C13H9F3N2S/c1-8-11(17-12-18(8)6-7-19-12)9-2-4-10(5-3-9)13(14,15)16/h2-7H,1H3. The summed E-state index contributed by atoms with van der Waals surface area (Å²) < 4.78 is 39.4. The van der Waals surface area contributed by atoms with Crippen LogP contribution in [0, 0.1) is 6.92 Å². The van der Waals surface area contributed by atoms with Crippen molar-refractivity contribution in [2.45, 2.75) is 13.1 Å². The minimum atomic E-state index is -4.30. The van der Waals surface area contributed by atoms with Crippen molar-refractivity contribution in [1.82, 2.24) is 9.38 Å². The van der Waals surface area contributed by atoms with Crippen LogP contribution in [0.15, 0.2) is 35.8 Å². The smallest absolute Gasteiger partial charge is 0.294 e. The molecular weight excluding hydrogens is 273 g/mol. The van der Waals surface area contributed by atoms with Gasteiger partial charge in [-0.2, -0.15) is 13.2 Å². The van der Waals surface area contributed by atoms with Crippen LogP contribution in [-0.4, -0.2) is 9.38 Å². The zero-order valence-electron chi connectivity index (χ0n) is 9.90. The molecule has 98 valence electrons. The van der Waals surface area contributed by atoms with Crippen molar-refractivity contribution in [1.29, 1.82) is 0 Å². The molecule has 0 aliphatic heterocycles. The molecule has 2 aromatic heterocycles. The first-order valence-electron chi connectivity index (χ1n) is 5.56. The molecule has 3 rings (SSSR count). The monoisotopic (exact) mass is 282 g/mol. The molecule has 2 nitrogen and oxygen atoms in total. The Bertz CT molecular complexity index is 723. The molecule has 19 heavy (non-hydrogen) atoms. The molecule has 0 saturated carbocycles. The Morgan fingerprint density at radius 1 is 1.16 bits per heavy atom. The Morgan fingerprint density at radius 2 is 1.84 bits per heavy atom. The van der Waals surface area contributed by atoms with Gasteiger partial charge in [-0.05, 0) is 19.1 Å². The van der Waals surface area contributed by atoms with Crippen molar-refractivity contribution < 1.29 is 13.2 Å². The second-order valence-electron chi connectivity index (χ2n) is 4.18. The lowest BCUT2D eigenvalue weighted by molar-refractivity contribution is -0.137. The summed E-state index contributed by atoms with van der Waals surface area (Å²) in [6.07, 6.45) is -2.40. The topological polar surface area (TPSA) is 17.3 Å². The second kappa shape index (κ2) is 4.09. The van der Waals surface area contributed by atoms with Crippen molar-refractivity contribution in [2.75, 3.05) is 0 Å². The number of nitrogens with zero attached hydrogens (tertiary/aromatic N) is 2. The number of hydrogen-bond acceptors (Lipinski definition) is 2. The van der Waals surface area contributed by atoms with Gasteiger partial charge < -0.3 is 0 Å². The SMILES string of the molecule is Cc1c(-c2ccc(C(F)(F)F)cc2)nc2sccn12. The number of rotatable bonds is 1. The predicted molar refractivity (Wildman–Crippen MR) is 68.2 cm³/mol.